The average molecular weight is 328 g/mol. The van der Waals surface area contributed by atoms with Crippen LogP contribution in [0.1, 0.15) is 29.8 Å². The largest absolute Gasteiger partial charge is 0.489 e. The van der Waals surface area contributed by atoms with Gasteiger partial charge in [0, 0.05) is 18.0 Å². The fourth-order valence-electron chi connectivity index (χ4n) is 2.09. The highest BCUT2D eigenvalue weighted by Gasteiger charge is 2.23. The van der Waals surface area contributed by atoms with E-state index in [2.05, 4.69) is 10.3 Å². The first kappa shape index (κ1) is 17.5. The number of hydrogen-bond donors (Lipinski definition) is 2. The summed E-state index contributed by atoms with van der Waals surface area (Å²) in [4.78, 5) is 27.2. The molecule has 2 aromatic rings. The Morgan fingerprint density at radius 2 is 1.75 bits per heavy atom. The number of carbonyl (C=O) groups is 2. The van der Waals surface area contributed by atoms with E-state index in [9.17, 15) is 9.59 Å². The number of aromatic nitrogens is 1. The summed E-state index contributed by atoms with van der Waals surface area (Å²) in [7, 11) is 0. The minimum Gasteiger partial charge on any atom is -0.489 e. The molecular weight excluding hydrogens is 308 g/mol. The van der Waals surface area contributed by atoms with Crippen LogP contribution in [0.2, 0.25) is 0 Å². The molecule has 1 heterocycles. The summed E-state index contributed by atoms with van der Waals surface area (Å²) >= 11 is 0. The van der Waals surface area contributed by atoms with E-state index >= 15 is 0 Å². The van der Waals surface area contributed by atoms with Gasteiger partial charge >= 0.3 is 5.97 Å². The van der Waals surface area contributed by atoms with Crippen LogP contribution in [0.3, 0.4) is 0 Å². The van der Waals surface area contributed by atoms with E-state index in [0.29, 0.717) is 17.9 Å². The van der Waals surface area contributed by atoms with Gasteiger partial charge < -0.3 is 15.2 Å². The Morgan fingerprint density at radius 3 is 2.29 bits per heavy atom. The molecule has 0 aliphatic carbocycles. The molecule has 6 nitrogen and oxygen atoms in total. The lowest BCUT2D eigenvalue weighted by atomic mass is 10.0. The lowest BCUT2D eigenvalue weighted by Crippen LogP contribution is -2.44. The molecule has 126 valence electrons. The first-order valence-electron chi connectivity index (χ1n) is 7.63. The quantitative estimate of drug-likeness (QED) is 0.815. The van der Waals surface area contributed by atoms with Crippen LogP contribution in [0.25, 0.3) is 0 Å². The summed E-state index contributed by atoms with van der Waals surface area (Å²) in [6.45, 7) is 3.90. The maximum absolute atomic E-state index is 12.1. The van der Waals surface area contributed by atoms with E-state index in [1.54, 1.807) is 50.5 Å². The van der Waals surface area contributed by atoms with Crippen molar-refractivity contribution in [2.75, 3.05) is 0 Å². The van der Waals surface area contributed by atoms with Crippen molar-refractivity contribution in [2.24, 2.45) is 5.92 Å². The molecule has 0 spiro atoms. The van der Waals surface area contributed by atoms with Crippen LogP contribution in [-0.4, -0.2) is 28.0 Å². The molecule has 1 aromatic heterocycles. The lowest BCUT2D eigenvalue weighted by Gasteiger charge is -2.18. The third-order valence-corrected chi connectivity index (χ3v) is 3.49. The van der Waals surface area contributed by atoms with E-state index in [-0.39, 0.29) is 5.92 Å². The number of hydrogen-bond acceptors (Lipinski definition) is 4. The number of ether oxygens (including phenoxy) is 1. The fourth-order valence-corrected chi connectivity index (χ4v) is 2.09. The van der Waals surface area contributed by atoms with Crippen LogP contribution >= 0.6 is 0 Å². The molecule has 0 saturated carbocycles. The van der Waals surface area contributed by atoms with Gasteiger partial charge in [-0.1, -0.05) is 13.8 Å². The SMILES string of the molecule is CC(C)[C@H](NC(=O)c1ccc(OCc2ccncc2)cc1)C(=O)O. The van der Waals surface area contributed by atoms with Gasteiger partial charge in [0.1, 0.15) is 18.4 Å². The van der Waals surface area contributed by atoms with Crippen LogP contribution in [0, 0.1) is 5.92 Å². The number of rotatable bonds is 7. The first-order chi connectivity index (χ1) is 11.5. The summed E-state index contributed by atoms with van der Waals surface area (Å²) in [6.07, 6.45) is 3.39. The number of carboxylic acid groups (broad SMARTS) is 1. The number of amides is 1. The van der Waals surface area contributed by atoms with Crippen LogP contribution in [0.5, 0.6) is 5.75 Å². The van der Waals surface area contributed by atoms with Gasteiger partial charge in [-0.25, -0.2) is 4.79 Å². The zero-order chi connectivity index (χ0) is 17.5. The summed E-state index contributed by atoms with van der Waals surface area (Å²) in [5.74, 6) is -1.04. The van der Waals surface area contributed by atoms with Crippen molar-refractivity contribution in [1.82, 2.24) is 10.3 Å². The molecule has 6 heteroatoms. The molecule has 0 bridgehead atoms. The molecule has 0 unspecified atom stereocenters. The van der Waals surface area contributed by atoms with Crippen molar-refractivity contribution in [3.8, 4) is 5.75 Å². The second kappa shape index (κ2) is 8.10. The van der Waals surface area contributed by atoms with E-state index in [0.717, 1.165) is 5.56 Å². The number of benzene rings is 1. The second-order valence-corrected chi connectivity index (χ2v) is 5.70. The van der Waals surface area contributed by atoms with Crippen molar-refractivity contribution in [2.45, 2.75) is 26.5 Å². The molecule has 2 rings (SSSR count). The van der Waals surface area contributed by atoms with Crippen molar-refractivity contribution in [3.63, 3.8) is 0 Å². The van der Waals surface area contributed by atoms with Gasteiger partial charge in [-0.05, 0) is 47.9 Å². The van der Waals surface area contributed by atoms with Crippen LogP contribution < -0.4 is 10.1 Å². The highest BCUT2D eigenvalue weighted by molar-refractivity contribution is 5.96. The minimum atomic E-state index is -1.05. The predicted molar refractivity (Wildman–Crippen MR) is 88.7 cm³/mol. The van der Waals surface area contributed by atoms with Crippen molar-refractivity contribution >= 4 is 11.9 Å². The molecule has 1 aromatic carbocycles. The number of nitrogens with zero attached hydrogens (tertiary/aromatic N) is 1. The summed E-state index contributed by atoms with van der Waals surface area (Å²) < 4.78 is 5.63. The minimum absolute atomic E-state index is 0.200. The van der Waals surface area contributed by atoms with Crippen molar-refractivity contribution in [1.29, 1.82) is 0 Å². The summed E-state index contributed by atoms with van der Waals surface area (Å²) in [5, 5.41) is 11.6. The summed E-state index contributed by atoms with van der Waals surface area (Å²) in [5.41, 5.74) is 1.38. The zero-order valence-electron chi connectivity index (χ0n) is 13.6. The number of carbonyl (C=O) groups excluding carboxylic acids is 1. The predicted octanol–water partition coefficient (Wildman–Crippen LogP) is 2.50. The van der Waals surface area contributed by atoms with Crippen molar-refractivity contribution < 1.29 is 19.4 Å². The molecule has 0 fully saturated rings. The molecular formula is C18H20N2O4. The number of pyridine rings is 1. The van der Waals surface area contributed by atoms with Gasteiger partial charge in [0.25, 0.3) is 5.91 Å². The third-order valence-electron chi connectivity index (χ3n) is 3.49. The Kier molecular flexibility index (Phi) is 5.89. The highest BCUT2D eigenvalue weighted by atomic mass is 16.5. The molecule has 1 atom stereocenters. The molecule has 1 amide bonds. The fraction of sp³-hybridized carbons (Fsp3) is 0.278. The van der Waals surface area contributed by atoms with Gasteiger partial charge in [-0.3, -0.25) is 9.78 Å². The van der Waals surface area contributed by atoms with Crippen molar-refractivity contribution in [3.05, 3.63) is 59.9 Å². The van der Waals surface area contributed by atoms with Gasteiger partial charge in [-0.2, -0.15) is 0 Å². The highest BCUT2D eigenvalue weighted by Crippen LogP contribution is 2.14. The van der Waals surface area contributed by atoms with Gasteiger partial charge in [-0.15, -0.1) is 0 Å². The monoisotopic (exact) mass is 328 g/mol. The van der Waals surface area contributed by atoms with E-state index < -0.39 is 17.9 Å². The van der Waals surface area contributed by atoms with E-state index in [1.165, 1.54) is 0 Å². The molecule has 0 aliphatic rings. The average Bonchev–Trinajstić information content (AvgIpc) is 2.58. The Bertz CT molecular complexity index is 684. The standard InChI is InChI=1S/C18H20N2O4/c1-12(2)16(18(22)23)20-17(21)14-3-5-15(6-4-14)24-11-13-7-9-19-10-8-13/h3-10,12,16H,11H2,1-2H3,(H,20,21)(H,22,23)/t16-/m0/s1. The Hall–Kier alpha value is -2.89. The number of aliphatic carboxylic acids is 1. The van der Waals surface area contributed by atoms with E-state index in [4.69, 9.17) is 9.84 Å². The van der Waals surface area contributed by atoms with Crippen LogP contribution in [0.4, 0.5) is 0 Å². The van der Waals surface area contributed by atoms with Gasteiger partial charge in [0.15, 0.2) is 0 Å². The van der Waals surface area contributed by atoms with Gasteiger partial charge in [0.2, 0.25) is 0 Å². The number of carboxylic acids is 1. The second-order valence-electron chi connectivity index (χ2n) is 5.70. The molecule has 24 heavy (non-hydrogen) atoms. The maximum Gasteiger partial charge on any atom is 0.326 e. The zero-order valence-corrected chi connectivity index (χ0v) is 13.6. The smallest absolute Gasteiger partial charge is 0.326 e. The molecule has 0 radical (unpaired) electrons. The van der Waals surface area contributed by atoms with Gasteiger partial charge in [0.05, 0.1) is 0 Å². The first-order valence-corrected chi connectivity index (χ1v) is 7.63. The Labute approximate surface area is 140 Å². The third kappa shape index (κ3) is 4.81. The topological polar surface area (TPSA) is 88.5 Å². The van der Waals surface area contributed by atoms with Crippen LogP contribution in [-0.2, 0) is 11.4 Å². The molecule has 0 saturated heterocycles. The summed E-state index contributed by atoms with van der Waals surface area (Å²) in [6, 6.07) is 9.38. The molecule has 2 N–H and O–H groups in total. The normalized spacial score (nSPS) is 11.8. The maximum atomic E-state index is 12.1. The Balaban J connectivity index is 1.95. The number of nitrogens with one attached hydrogen (secondary N) is 1. The molecule has 0 aliphatic heterocycles. The van der Waals surface area contributed by atoms with Crippen LogP contribution in [0.15, 0.2) is 48.8 Å². The van der Waals surface area contributed by atoms with E-state index in [1.807, 2.05) is 12.1 Å². The lowest BCUT2D eigenvalue weighted by molar-refractivity contribution is -0.140. The Morgan fingerprint density at radius 1 is 1.12 bits per heavy atom.